The number of benzene rings is 3. The average molecular weight is 571 g/mol. The number of amides is 1. The number of non-ortho nitro benzene ring substituents is 1. The van der Waals surface area contributed by atoms with E-state index in [2.05, 4.69) is 15.5 Å². The van der Waals surface area contributed by atoms with E-state index in [9.17, 15) is 46.0 Å². The molecule has 0 saturated heterocycles. The molecule has 0 aliphatic rings. The Kier molecular flexibility index (Phi) is 7.82. The predicted octanol–water partition coefficient (Wildman–Crippen LogP) is 3.94. The van der Waals surface area contributed by atoms with Crippen molar-refractivity contribution in [3.8, 4) is 11.5 Å². The van der Waals surface area contributed by atoms with Crippen LogP contribution in [0.1, 0.15) is 6.92 Å². The number of azo groups is 1. The maximum atomic E-state index is 12.1. The molecule has 0 radical (unpaired) electrons. The van der Waals surface area contributed by atoms with Gasteiger partial charge in [-0.3, -0.25) is 24.5 Å². The Balaban J connectivity index is 2.35. The van der Waals surface area contributed by atoms with E-state index in [1.807, 2.05) is 0 Å². The third-order valence-electron chi connectivity index (χ3n) is 4.84. The molecule has 4 N–H and O–H groups in total. The summed E-state index contributed by atoms with van der Waals surface area (Å²) in [6.07, 6.45) is -1.08. The second-order valence-corrected chi connectivity index (χ2v) is 10.1. The number of hydrogen-bond acceptors (Lipinski definition) is 12. The SMILES string of the molecule is CCOC(=O)Nc1cc(S(=O)(=O)O)cc2cc(S(=O)(=O)O)c(N=Nc3ccc([N+](=O)[O-])cc3OC)c(O)c12. The summed E-state index contributed by atoms with van der Waals surface area (Å²) in [7, 11) is -8.85. The molecular weight excluding hydrogens is 552 g/mol. The fourth-order valence-corrected chi connectivity index (χ4v) is 4.44. The molecule has 1 amide bonds. The minimum atomic E-state index is -5.14. The summed E-state index contributed by atoms with van der Waals surface area (Å²) in [5.41, 5.74) is -1.76. The van der Waals surface area contributed by atoms with Gasteiger partial charge in [0.25, 0.3) is 25.9 Å². The molecule has 0 aromatic heterocycles. The van der Waals surface area contributed by atoms with Gasteiger partial charge in [-0.1, -0.05) is 0 Å². The number of anilines is 1. The van der Waals surface area contributed by atoms with Crippen LogP contribution < -0.4 is 10.1 Å². The Bertz CT molecular complexity index is 1700. The standard InChI is InChI=1S/C20H18N4O12S2/c1-3-36-20(26)21-14-9-12(37(29,30)31)6-10-7-16(38(32,33)34)18(19(25)17(10)14)23-22-13-5-4-11(24(27)28)8-15(13)35-2/h4-9,25H,3H2,1-2H3,(H,21,26)(H,29,30,31)(H,32,33,34). The zero-order valence-corrected chi connectivity index (χ0v) is 21.0. The van der Waals surface area contributed by atoms with Crippen molar-refractivity contribution in [2.45, 2.75) is 16.7 Å². The number of carbonyl (C=O) groups is 1. The number of nitro groups is 1. The van der Waals surface area contributed by atoms with E-state index in [1.54, 1.807) is 0 Å². The molecule has 38 heavy (non-hydrogen) atoms. The number of aromatic hydroxyl groups is 1. The van der Waals surface area contributed by atoms with Crippen LogP contribution in [0, 0.1) is 10.1 Å². The first kappa shape index (κ1) is 28.2. The predicted molar refractivity (Wildman–Crippen MR) is 130 cm³/mol. The Morgan fingerprint density at radius 1 is 1.08 bits per heavy atom. The molecule has 0 atom stereocenters. The maximum absolute atomic E-state index is 12.1. The summed E-state index contributed by atoms with van der Waals surface area (Å²) in [4.78, 5) is 20.5. The van der Waals surface area contributed by atoms with Crippen molar-refractivity contribution in [3.05, 3.63) is 46.5 Å². The second kappa shape index (κ2) is 10.5. The number of ether oxygens (including phenoxy) is 2. The lowest BCUT2D eigenvalue weighted by atomic mass is 10.1. The van der Waals surface area contributed by atoms with Crippen LogP contribution in [0.4, 0.5) is 27.5 Å². The molecule has 0 bridgehead atoms. The number of rotatable bonds is 8. The fraction of sp³-hybridized carbons (Fsp3) is 0.150. The third kappa shape index (κ3) is 5.94. The molecule has 0 fully saturated rings. The van der Waals surface area contributed by atoms with Gasteiger partial charge in [-0.2, -0.15) is 16.8 Å². The number of phenolic OH excluding ortho intramolecular Hbond substituents is 1. The third-order valence-corrected chi connectivity index (χ3v) is 6.54. The zero-order valence-electron chi connectivity index (χ0n) is 19.3. The number of fused-ring (bicyclic) bond motifs is 1. The summed E-state index contributed by atoms with van der Waals surface area (Å²) >= 11 is 0. The second-order valence-electron chi connectivity index (χ2n) is 7.25. The summed E-state index contributed by atoms with van der Waals surface area (Å²) in [6, 6.07) is 5.45. The number of hydrogen-bond donors (Lipinski definition) is 4. The van der Waals surface area contributed by atoms with Crippen LogP contribution in [0.3, 0.4) is 0 Å². The van der Waals surface area contributed by atoms with Gasteiger partial charge in [-0.15, -0.1) is 10.2 Å². The van der Waals surface area contributed by atoms with Crippen LogP contribution in [0.2, 0.25) is 0 Å². The van der Waals surface area contributed by atoms with Gasteiger partial charge in [-0.25, -0.2) is 4.79 Å². The molecule has 3 rings (SSSR count). The first-order valence-corrected chi connectivity index (χ1v) is 13.0. The van der Waals surface area contributed by atoms with E-state index in [1.165, 1.54) is 14.0 Å². The Morgan fingerprint density at radius 2 is 1.76 bits per heavy atom. The molecule has 16 nitrogen and oxygen atoms in total. The lowest BCUT2D eigenvalue weighted by Gasteiger charge is -2.14. The molecular formula is C20H18N4O12S2. The van der Waals surface area contributed by atoms with Crippen molar-refractivity contribution in [1.82, 2.24) is 0 Å². The summed E-state index contributed by atoms with van der Waals surface area (Å²) < 4.78 is 76.8. The van der Waals surface area contributed by atoms with E-state index in [4.69, 9.17) is 9.47 Å². The largest absolute Gasteiger partial charge is 0.505 e. The maximum Gasteiger partial charge on any atom is 0.411 e. The Labute approximate surface area is 214 Å². The van der Waals surface area contributed by atoms with Crippen molar-refractivity contribution in [2.75, 3.05) is 19.0 Å². The van der Waals surface area contributed by atoms with Gasteiger partial charge in [0.15, 0.2) is 11.5 Å². The molecule has 0 aliphatic carbocycles. The molecule has 18 heteroatoms. The molecule has 0 saturated carbocycles. The molecule has 0 spiro atoms. The van der Waals surface area contributed by atoms with Crippen molar-refractivity contribution in [2.24, 2.45) is 10.2 Å². The van der Waals surface area contributed by atoms with Crippen LogP contribution in [0.25, 0.3) is 10.8 Å². The van der Waals surface area contributed by atoms with Crippen molar-refractivity contribution in [3.63, 3.8) is 0 Å². The van der Waals surface area contributed by atoms with Gasteiger partial charge in [-0.05, 0) is 36.6 Å². The van der Waals surface area contributed by atoms with Gasteiger partial charge in [0.1, 0.15) is 16.3 Å². The van der Waals surface area contributed by atoms with Gasteiger partial charge in [0.2, 0.25) is 0 Å². The average Bonchev–Trinajstić information content (AvgIpc) is 2.81. The van der Waals surface area contributed by atoms with Gasteiger partial charge < -0.3 is 14.6 Å². The fourth-order valence-electron chi connectivity index (χ4n) is 3.24. The molecule has 202 valence electrons. The molecule has 0 heterocycles. The van der Waals surface area contributed by atoms with Crippen LogP contribution >= 0.6 is 0 Å². The molecule has 0 aliphatic heterocycles. The number of nitrogens with zero attached hydrogens (tertiary/aromatic N) is 3. The zero-order chi connectivity index (χ0) is 28.4. The first-order valence-electron chi connectivity index (χ1n) is 10.1. The minimum absolute atomic E-state index is 0.0861. The van der Waals surface area contributed by atoms with Crippen LogP contribution in [0.15, 0.2) is 56.4 Å². The summed E-state index contributed by atoms with van der Waals surface area (Å²) in [5, 5.41) is 30.9. The lowest BCUT2D eigenvalue weighted by Crippen LogP contribution is -2.14. The number of methoxy groups -OCH3 is 1. The number of phenols is 1. The first-order chi connectivity index (χ1) is 17.7. The molecule has 0 unspecified atom stereocenters. The Morgan fingerprint density at radius 3 is 2.32 bits per heavy atom. The normalized spacial score (nSPS) is 12.0. The highest BCUT2D eigenvalue weighted by Crippen LogP contribution is 2.45. The van der Waals surface area contributed by atoms with E-state index in [0.29, 0.717) is 0 Å². The highest BCUT2D eigenvalue weighted by molar-refractivity contribution is 7.86. The highest BCUT2D eigenvalue weighted by Gasteiger charge is 2.26. The monoisotopic (exact) mass is 570 g/mol. The number of nitrogens with one attached hydrogen (secondary N) is 1. The molecule has 3 aromatic rings. The minimum Gasteiger partial charge on any atom is -0.505 e. The topological polar surface area (TPSA) is 244 Å². The van der Waals surface area contributed by atoms with Crippen molar-refractivity contribution >= 4 is 59.9 Å². The molecule has 3 aromatic carbocycles. The quantitative estimate of drug-likeness (QED) is 0.130. The van der Waals surface area contributed by atoms with Crippen LogP contribution in [0.5, 0.6) is 11.5 Å². The highest BCUT2D eigenvalue weighted by atomic mass is 32.2. The van der Waals surface area contributed by atoms with Crippen molar-refractivity contribution < 1.29 is 50.2 Å². The van der Waals surface area contributed by atoms with E-state index >= 15 is 0 Å². The Hall–Kier alpha value is -4.39. The number of nitro benzene ring substituents is 1. The summed E-state index contributed by atoms with van der Waals surface area (Å²) in [6.45, 7) is 1.39. The van der Waals surface area contributed by atoms with E-state index in [-0.39, 0.29) is 34.5 Å². The summed E-state index contributed by atoms with van der Waals surface area (Å²) in [5.74, 6) is -1.12. The van der Waals surface area contributed by atoms with E-state index < -0.39 is 58.2 Å². The smallest absolute Gasteiger partial charge is 0.411 e. The van der Waals surface area contributed by atoms with Gasteiger partial charge in [0.05, 0.1) is 35.3 Å². The van der Waals surface area contributed by atoms with Gasteiger partial charge >= 0.3 is 6.09 Å². The lowest BCUT2D eigenvalue weighted by molar-refractivity contribution is -0.384. The van der Waals surface area contributed by atoms with Crippen molar-refractivity contribution in [1.29, 1.82) is 0 Å². The van der Waals surface area contributed by atoms with Gasteiger partial charge in [0, 0.05) is 11.5 Å². The van der Waals surface area contributed by atoms with E-state index in [0.717, 1.165) is 36.4 Å². The number of carbonyl (C=O) groups excluding carboxylic acids is 1. The van der Waals surface area contributed by atoms with Crippen LogP contribution in [-0.4, -0.2) is 55.8 Å². The van der Waals surface area contributed by atoms with Crippen LogP contribution in [-0.2, 0) is 25.0 Å².